The molecule has 0 bridgehead atoms. The van der Waals surface area contributed by atoms with Gasteiger partial charge in [0.05, 0.1) is 18.5 Å². The van der Waals surface area contributed by atoms with Gasteiger partial charge in [0.1, 0.15) is 5.69 Å². The number of aromatic nitrogens is 2. The summed E-state index contributed by atoms with van der Waals surface area (Å²) in [5, 5.41) is 0. The molecule has 0 aliphatic rings. The molecule has 0 aliphatic heterocycles. The second-order valence-electron chi connectivity index (χ2n) is 2.98. The predicted molar refractivity (Wildman–Crippen MR) is 61.1 cm³/mol. The first kappa shape index (κ1) is 10.6. The first-order chi connectivity index (χ1) is 7.74. The SMILES string of the molecule is COC(=O)c1snc(-c2ccccn2)c1N. The topological polar surface area (TPSA) is 78.1 Å². The van der Waals surface area contributed by atoms with Gasteiger partial charge in [-0.1, -0.05) is 6.07 Å². The van der Waals surface area contributed by atoms with Crippen molar-refractivity contribution in [3.05, 3.63) is 29.3 Å². The van der Waals surface area contributed by atoms with Crippen molar-refractivity contribution in [1.82, 2.24) is 9.36 Å². The molecular formula is C10H9N3O2S. The Morgan fingerprint density at radius 2 is 2.31 bits per heavy atom. The van der Waals surface area contributed by atoms with Crippen LogP contribution in [0.25, 0.3) is 11.4 Å². The fraction of sp³-hybridized carbons (Fsp3) is 0.100. The fourth-order valence-corrected chi connectivity index (χ4v) is 1.95. The number of nitrogens with two attached hydrogens (primary N) is 1. The Morgan fingerprint density at radius 1 is 1.50 bits per heavy atom. The van der Waals surface area contributed by atoms with Gasteiger partial charge in [-0.15, -0.1) is 0 Å². The van der Waals surface area contributed by atoms with E-state index in [0.717, 1.165) is 11.5 Å². The summed E-state index contributed by atoms with van der Waals surface area (Å²) >= 11 is 1.01. The predicted octanol–water partition coefficient (Wildman–Crippen LogP) is 1.57. The van der Waals surface area contributed by atoms with E-state index >= 15 is 0 Å². The van der Waals surface area contributed by atoms with Gasteiger partial charge >= 0.3 is 5.97 Å². The highest BCUT2D eigenvalue weighted by Gasteiger charge is 2.19. The van der Waals surface area contributed by atoms with Crippen molar-refractivity contribution in [1.29, 1.82) is 0 Å². The number of pyridine rings is 1. The number of carbonyl (C=O) groups excluding carboxylic acids is 1. The van der Waals surface area contributed by atoms with E-state index in [1.807, 2.05) is 6.07 Å². The number of hydrogen-bond acceptors (Lipinski definition) is 6. The Balaban J connectivity index is 2.45. The van der Waals surface area contributed by atoms with Crippen LogP contribution in [0.1, 0.15) is 9.67 Å². The molecule has 0 aromatic carbocycles. The number of methoxy groups -OCH3 is 1. The molecule has 5 nitrogen and oxygen atoms in total. The minimum absolute atomic E-state index is 0.308. The molecule has 2 heterocycles. The molecule has 6 heteroatoms. The van der Waals surface area contributed by atoms with Crippen molar-refractivity contribution in [3.63, 3.8) is 0 Å². The second kappa shape index (κ2) is 4.28. The van der Waals surface area contributed by atoms with Gasteiger partial charge in [0.15, 0.2) is 4.88 Å². The smallest absolute Gasteiger partial charge is 0.351 e. The number of hydrogen-bond donors (Lipinski definition) is 1. The van der Waals surface area contributed by atoms with Crippen molar-refractivity contribution in [2.24, 2.45) is 0 Å². The molecule has 0 radical (unpaired) electrons. The van der Waals surface area contributed by atoms with Crippen molar-refractivity contribution < 1.29 is 9.53 Å². The summed E-state index contributed by atoms with van der Waals surface area (Å²) in [5.74, 6) is -0.475. The first-order valence-corrected chi connectivity index (χ1v) is 5.26. The first-order valence-electron chi connectivity index (χ1n) is 4.49. The molecule has 0 spiro atoms. The Morgan fingerprint density at radius 3 is 2.94 bits per heavy atom. The Bertz CT molecular complexity index is 510. The van der Waals surface area contributed by atoms with E-state index in [-0.39, 0.29) is 0 Å². The van der Waals surface area contributed by atoms with E-state index in [2.05, 4.69) is 14.1 Å². The highest BCUT2D eigenvalue weighted by molar-refractivity contribution is 7.09. The molecule has 0 saturated heterocycles. The van der Waals surface area contributed by atoms with Crippen LogP contribution in [0.4, 0.5) is 5.69 Å². The van der Waals surface area contributed by atoms with Crippen molar-refractivity contribution in [2.45, 2.75) is 0 Å². The lowest BCUT2D eigenvalue weighted by Crippen LogP contribution is -2.02. The Hall–Kier alpha value is -1.95. The van der Waals surface area contributed by atoms with Crippen LogP contribution in [0.5, 0.6) is 0 Å². The number of esters is 1. The van der Waals surface area contributed by atoms with Gasteiger partial charge in [-0.25, -0.2) is 4.79 Å². The number of nitrogen functional groups attached to an aromatic ring is 1. The molecule has 2 N–H and O–H groups in total. The number of ether oxygens (including phenoxy) is 1. The molecule has 16 heavy (non-hydrogen) atoms. The minimum atomic E-state index is -0.475. The maximum Gasteiger partial charge on any atom is 0.351 e. The Labute approximate surface area is 96.1 Å². The second-order valence-corrected chi connectivity index (χ2v) is 3.75. The van der Waals surface area contributed by atoms with E-state index in [0.29, 0.717) is 22.0 Å². The molecule has 0 saturated carbocycles. The minimum Gasteiger partial charge on any atom is -0.465 e. The monoisotopic (exact) mass is 235 g/mol. The zero-order chi connectivity index (χ0) is 11.5. The van der Waals surface area contributed by atoms with Crippen LogP contribution in [-0.4, -0.2) is 22.4 Å². The summed E-state index contributed by atoms with van der Waals surface area (Å²) in [5.41, 5.74) is 7.30. The van der Waals surface area contributed by atoms with Gasteiger partial charge in [0.25, 0.3) is 0 Å². The standard InChI is InChI=1S/C10H9N3O2S/c1-15-10(14)9-7(11)8(13-16-9)6-4-2-3-5-12-6/h2-5H,11H2,1H3. The van der Waals surface area contributed by atoms with Crippen LogP contribution in [0, 0.1) is 0 Å². The van der Waals surface area contributed by atoms with Gasteiger partial charge < -0.3 is 10.5 Å². The third-order valence-electron chi connectivity index (χ3n) is 2.01. The fourth-order valence-electron chi connectivity index (χ4n) is 1.22. The van der Waals surface area contributed by atoms with Crippen molar-refractivity contribution in [3.8, 4) is 11.4 Å². The largest absolute Gasteiger partial charge is 0.465 e. The highest BCUT2D eigenvalue weighted by Crippen LogP contribution is 2.29. The van der Waals surface area contributed by atoms with E-state index in [9.17, 15) is 4.79 Å². The molecule has 0 fully saturated rings. The van der Waals surface area contributed by atoms with E-state index in [1.54, 1.807) is 18.3 Å². The molecule has 2 aromatic rings. The third kappa shape index (κ3) is 1.74. The number of anilines is 1. The summed E-state index contributed by atoms with van der Waals surface area (Å²) < 4.78 is 8.71. The van der Waals surface area contributed by atoms with Gasteiger partial charge in [0, 0.05) is 6.20 Å². The van der Waals surface area contributed by atoms with E-state index in [1.165, 1.54) is 7.11 Å². The molecule has 0 atom stereocenters. The molecule has 0 aliphatic carbocycles. The molecule has 2 aromatic heterocycles. The number of carbonyl (C=O) groups is 1. The van der Waals surface area contributed by atoms with Crippen LogP contribution >= 0.6 is 11.5 Å². The average Bonchev–Trinajstić information content (AvgIpc) is 2.71. The molecule has 82 valence electrons. The normalized spacial score (nSPS) is 10.1. The lowest BCUT2D eigenvalue weighted by molar-refractivity contribution is 0.0607. The summed E-state index contributed by atoms with van der Waals surface area (Å²) in [4.78, 5) is 15.8. The maximum atomic E-state index is 11.3. The van der Waals surface area contributed by atoms with Gasteiger partial charge in [-0.2, -0.15) is 4.37 Å². The lowest BCUT2D eigenvalue weighted by Gasteiger charge is -1.98. The van der Waals surface area contributed by atoms with Gasteiger partial charge in [-0.05, 0) is 23.7 Å². The summed E-state index contributed by atoms with van der Waals surface area (Å²) in [6, 6.07) is 5.42. The summed E-state index contributed by atoms with van der Waals surface area (Å²) in [7, 11) is 1.31. The Kier molecular flexibility index (Phi) is 2.82. The van der Waals surface area contributed by atoms with Crippen LogP contribution in [0.3, 0.4) is 0 Å². The van der Waals surface area contributed by atoms with Crippen LogP contribution in [0.15, 0.2) is 24.4 Å². The summed E-state index contributed by atoms with van der Waals surface area (Å²) in [6.07, 6.45) is 1.64. The maximum absolute atomic E-state index is 11.3. The van der Waals surface area contributed by atoms with Crippen molar-refractivity contribution in [2.75, 3.05) is 12.8 Å². The molecular weight excluding hydrogens is 226 g/mol. The third-order valence-corrected chi connectivity index (χ3v) is 2.85. The zero-order valence-electron chi connectivity index (χ0n) is 8.51. The lowest BCUT2D eigenvalue weighted by atomic mass is 10.2. The van der Waals surface area contributed by atoms with Crippen molar-refractivity contribution >= 4 is 23.2 Å². The van der Waals surface area contributed by atoms with E-state index < -0.39 is 5.97 Å². The summed E-state index contributed by atoms with van der Waals surface area (Å²) in [6.45, 7) is 0. The average molecular weight is 235 g/mol. The molecule has 0 unspecified atom stereocenters. The van der Waals surface area contributed by atoms with Gasteiger partial charge in [0.2, 0.25) is 0 Å². The number of rotatable bonds is 2. The molecule has 0 amide bonds. The van der Waals surface area contributed by atoms with Crippen LogP contribution in [-0.2, 0) is 4.74 Å². The molecule has 2 rings (SSSR count). The quantitative estimate of drug-likeness (QED) is 0.799. The van der Waals surface area contributed by atoms with Gasteiger partial charge in [-0.3, -0.25) is 4.98 Å². The number of nitrogens with zero attached hydrogens (tertiary/aromatic N) is 2. The highest BCUT2D eigenvalue weighted by atomic mass is 32.1. The van der Waals surface area contributed by atoms with Crippen LogP contribution < -0.4 is 5.73 Å². The van der Waals surface area contributed by atoms with Crippen LogP contribution in [0.2, 0.25) is 0 Å². The van der Waals surface area contributed by atoms with E-state index in [4.69, 9.17) is 5.73 Å². The zero-order valence-corrected chi connectivity index (χ0v) is 9.32.